The molecule has 0 radical (unpaired) electrons. The summed E-state index contributed by atoms with van der Waals surface area (Å²) in [5.41, 5.74) is 1.03. The minimum absolute atomic E-state index is 0.800. The second kappa shape index (κ2) is 9.01. The van der Waals surface area contributed by atoms with Gasteiger partial charge in [0.2, 0.25) is 0 Å². The van der Waals surface area contributed by atoms with Crippen molar-refractivity contribution in [2.24, 2.45) is 0 Å². The van der Waals surface area contributed by atoms with Crippen molar-refractivity contribution in [2.45, 2.75) is 46.5 Å². The number of pyridine rings is 1. The average molecular weight is 214 g/mol. The lowest BCUT2D eigenvalue weighted by molar-refractivity contribution is 0.707. The molecule has 0 saturated carbocycles. The van der Waals surface area contributed by atoms with Crippen molar-refractivity contribution < 1.29 is 0 Å². The fourth-order valence-electron chi connectivity index (χ4n) is 1.14. The molecule has 1 aromatic rings. The first kappa shape index (κ1) is 13.4. The van der Waals surface area contributed by atoms with Crippen molar-refractivity contribution in [1.29, 1.82) is 0 Å². The molecular formula is C12H20ClN. The molecule has 0 spiro atoms. The molecule has 1 heterocycles. The lowest BCUT2D eigenvalue weighted by Crippen LogP contribution is -1.90. The van der Waals surface area contributed by atoms with E-state index < -0.39 is 0 Å². The van der Waals surface area contributed by atoms with Crippen LogP contribution in [0.2, 0.25) is 5.02 Å². The van der Waals surface area contributed by atoms with Crippen molar-refractivity contribution in [3.8, 4) is 0 Å². The van der Waals surface area contributed by atoms with E-state index in [4.69, 9.17) is 11.6 Å². The Morgan fingerprint density at radius 1 is 1.29 bits per heavy atom. The summed E-state index contributed by atoms with van der Waals surface area (Å²) in [4.78, 5) is 4.22. The van der Waals surface area contributed by atoms with Crippen LogP contribution in [-0.4, -0.2) is 4.98 Å². The van der Waals surface area contributed by atoms with E-state index in [1.54, 1.807) is 6.20 Å². The van der Waals surface area contributed by atoms with Crippen molar-refractivity contribution in [3.05, 3.63) is 29.0 Å². The van der Waals surface area contributed by atoms with Crippen molar-refractivity contribution >= 4 is 11.6 Å². The number of rotatable bonds is 4. The lowest BCUT2D eigenvalue weighted by Gasteiger charge is -2.00. The van der Waals surface area contributed by atoms with E-state index in [9.17, 15) is 0 Å². The predicted molar refractivity (Wildman–Crippen MR) is 63.8 cm³/mol. The summed E-state index contributed by atoms with van der Waals surface area (Å²) in [5.74, 6) is 0. The highest BCUT2D eigenvalue weighted by Crippen LogP contribution is 2.14. The molecule has 0 N–H and O–H groups in total. The van der Waals surface area contributed by atoms with Crippen molar-refractivity contribution in [2.75, 3.05) is 0 Å². The van der Waals surface area contributed by atoms with E-state index in [0.717, 1.165) is 17.1 Å². The number of aromatic nitrogens is 1. The van der Waals surface area contributed by atoms with E-state index in [1.807, 2.05) is 26.0 Å². The standard InChI is InChI=1S/C10H14ClN.C2H6/c1-2-3-4-7-10-9(11)6-5-8-12-10;1-2/h5-6,8H,2-4,7H2,1H3;1-2H3. The maximum absolute atomic E-state index is 5.94. The molecule has 2 heteroatoms. The van der Waals surface area contributed by atoms with Crippen LogP contribution in [0, 0.1) is 0 Å². The van der Waals surface area contributed by atoms with Gasteiger partial charge < -0.3 is 0 Å². The van der Waals surface area contributed by atoms with Gasteiger partial charge in [-0.2, -0.15) is 0 Å². The molecule has 0 aliphatic carbocycles. The Morgan fingerprint density at radius 2 is 2.00 bits per heavy atom. The summed E-state index contributed by atoms with van der Waals surface area (Å²) in [6.07, 6.45) is 6.49. The Balaban J connectivity index is 0.000000791. The van der Waals surface area contributed by atoms with Crippen LogP contribution in [0.4, 0.5) is 0 Å². The van der Waals surface area contributed by atoms with Crippen molar-refractivity contribution in [3.63, 3.8) is 0 Å². The fourth-order valence-corrected chi connectivity index (χ4v) is 1.36. The lowest BCUT2D eigenvalue weighted by atomic mass is 10.1. The Kier molecular flexibility index (Phi) is 8.65. The summed E-state index contributed by atoms with van der Waals surface area (Å²) < 4.78 is 0. The third kappa shape index (κ3) is 5.23. The zero-order chi connectivity index (χ0) is 10.8. The topological polar surface area (TPSA) is 12.9 Å². The zero-order valence-electron chi connectivity index (χ0n) is 9.39. The molecule has 1 aromatic heterocycles. The molecule has 0 aromatic carbocycles. The largest absolute Gasteiger partial charge is 0.260 e. The van der Waals surface area contributed by atoms with Crippen LogP contribution in [0.15, 0.2) is 18.3 Å². The van der Waals surface area contributed by atoms with Gasteiger partial charge in [0.05, 0.1) is 10.7 Å². The number of aryl methyl sites for hydroxylation is 1. The minimum Gasteiger partial charge on any atom is -0.260 e. The third-order valence-corrected chi connectivity index (χ3v) is 2.20. The molecule has 80 valence electrons. The first-order valence-electron chi connectivity index (χ1n) is 5.44. The first-order valence-corrected chi connectivity index (χ1v) is 5.81. The van der Waals surface area contributed by atoms with Crippen LogP contribution in [0.3, 0.4) is 0 Å². The number of unbranched alkanes of at least 4 members (excludes halogenated alkanes) is 2. The molecule has 0 bridgehead atoms. The average Bonchev–Trinajstić information content (AvgIpc) is 2.24. The van der Waals surface area contributed by atoms with E-state index in [2.05, 4.69) is 11.9 Å². The first-order chi connectivity index (χ1) is 6.84. The Labute approximate surface area is 92.5 Å². The second-order valence-electron chi connectivity index (χ2n) is 2.89. The van der Waals surface area contributed by atoms with Crippen LogP contribution in [-0.2, 0) is 6.42 Å². The maximum Gasteiger partial charge on any atom is 0.0621 e. The highest BCUT2D eigenvalue weighted by Gasteiger charge is 1.98. The molecule has 1 rings (SSSR count). The Bertz CT molecular complexity index is 236. The van der Waals surface area contributed by atoms with Gasteiger partial charge in [0.1, 0.15) is 0 Å². The third-order valence-electron chi connectivity index (χ3n) is 1.85. The number of nitrogens with zero attached hydrogens (tertiary/aromatic N) is 1. The summed E-state index contributed by atoms with van der Waals surface area (Å²) in [6, 6.07) is 3.77. The molecule has 0 unspecified atom stereocenters. The highest BCUT2D eigenvalue weighted by atomic mass is 35.5. The number of hydrogen-bond acceptors (Lipinski definition) is 1. The van der Waals surface area contributed by atoms with Crippen LogP contribution < -0.4 is 0 Å². The van der Waals surface area contributed by atoms with Crippen LogP contribution in [0.25, 0.3) is 0 Å². The summed E-state index contributed by atoms with van der Waals surface area (Å²) in [6.45, 7) is 6.19. The van der Waals surface area contributed by atoms with Gasteiger partial charge in [-0.15, -0.1) is 0 Å². The zero-order valence-corrected chi connectivity index (χ0v) is 10.1. The SMILES string of the molecule is CC.CCCCCc1ncccc1Cl. The summed E-state index contributed by atoms with van der Waals surface area (Å²) in [7, 11) is 0. The van der Waals surface area contributed by atoms with Crippen LogP contribution in [0.5, 0.6) is 0 Å². The van der Waals surface area contributed by atoms with E-state index in [0.29, 0.717) is 0 Å². The molecule has 0 atom stereocenters. The summed E-state index contributed by atoms with van der Waals surface area (Å²) in [5, 5.41) is 0.800. The van der Waals surface area contributed by atoms with Gasteiger partial charge in [-0.25, -0.2) is 0 Å². The summed E-state index contributed by atoms with van der Waals surface area (Å²) >= 11 is 5.94. The Hall–Kier alpha value is -0.560. The van der Waals surface area contributed by atoms with Gasteiger partial charge in [-0.05, 0) is 25.0 Å². The quantitative estimate of drug-likeness (QED) is 0.672. The fraction of sp³-hybridized carbons (Fsp3) is 0.583. The van der Waals surface area contributed by atoms with Gasteiger partial charge >= 0.3 is 0 Å². The smallest absolute Gasteiger partial charge is 0.0621 e. The molecule has 0 saturated heterocycles. The van der Waals surface area contributed by atoms with E-state index >= 15 is 0 Å². The minimum atomic E-state index is 0.800. The molecule has 0 aliphatic rings. The number of hydrogen-bond donors (Lipinski definition) is 0. The monoisotopic (exact) mass is 213 g/mol. The molecule has 1 nitrogen and oxygen atoms in total. The second-order valence-corrected chi connectivity index (χ2v) is 3.30. The van der Waals surface area contributed by atoms with Crippen LogP contribution in [0.1, 0.15) is 45.7 Å². The molecule has 14 heavy (non-hydrogen) atoms. The van der Waals surface area contributed by atoms with Crippen LogP contribution >= 0.6 is 11.6 Å². The van der Waals surface area contributed by atoms with E-state index in [1.165, 1.54) is 19.3 Å². The number of halogens is 1. The van der Waals surface area contributed by atoms with Gasteiger partial charge in [-0.1, -0.05) is 45.2 Å². The highest BCUT2D eigenvalue weighted by molar-refractivity contribution is 6.31. The normalized spacial score (nSPS) is 9.14. The van der Waals surface area contributed by atoms with Gasteiger partial charge in [0.15, 0.2) is 0 Å². The molecule has 0 aliphatic heterocycles. The molecule has 0 fully saturated rings. The molecular weight excluding hydrogens is 194 g/mol. The maximum atomic E-state index is 5.94. The Morgan fingerprint density at radius 3 is 2.57 bits per heavy atom. The predicted octanol–water partition coefficient (Wildman–Crippen LogP) is 4.49. The van der Waals surface area contributed by atoms with Gasteiger partial charge in [-0.3, -0.25) is 4.98 Å². The molecule has 0 amide bonds. The van der Waals surface area contributed by atoms with E-state index in [-0.39, 0.29) is 0 Å². The van der Waals surface area contributed by atoms with Gasteiger partial charge in [0, 0.05) is 6.20 Å². The van der Waals surface area contributed by atoms with Gasteiger partial charge in [0.25, 0.3) is 0 Å². The van der Waals surface area contributed by atoms with Crippen molar-refractivity contribution in [1.82, 2.24) is 4.98 Å².